The van der Waals surface area contributed by atoms with E-state index in [4.69, 9.17) is 10.2 Å². The largest absolute Gasteiger partial charge is 0.480 e. The van der Waals surface area contributed by atoms with E-state index < -0.39 is 51.6 Å². The average Bonchev–Trinajstić information content (AvgIpc) is 2.27. The van der Waals surface area contributed by atoms with Gasteiger partial charge in [0.25, 0.3) is 0 Å². The number of carboxylic acids is 1. The molecule has 0 amide bonds. The molecule has 0 bridgehead atoms. The maximum Gasteiger partial charge on any atom is 0.321 e. The second kappa shape index (κ2) is 6.04. The van der Waals surface area contributed by atoms with Crippen LogP contribution in [0.2, 0.25) is 0 Å². The molecule has 0 aliphatic rings. The summed E-state index contributed by atoms with van der Waals surface area (Å²) >= 11 is 0. The van der Waals surface area contributed by atoms with Crippen LogP contribution in [-0.2, 0) is 14.8 Å². The Balaban J connectivity index is 3.14. The SMILES string of the molecule is O=C(O)C(CCO)NS(=O)(=O)c1c(F)cccc1F. The number of aliphatic hydroxyl groups excluding tert-OH is 1. The lowest BCUT2D eigenvalue weighted by Crippen LogP contribution is -2.41. The van der Waals surface area contributed by atoms with E-state index in [0.29, 0.717) is 0 Å². The van der Waals surface area contributed by atoms with Crippen LogP contribution >= 0.6 is 0 Å². The van der Waals surface area contributed by atoms with Gasteiger partial charge in [0.15, 0.2) is 4.90 Å². The van der Waals surface area contributed by atoms with Crippen molar-refractivity contribution in [3.05, 3.63) is 29.8 Å². The Labute approximate surface area is 107 Å². The fraction of sp³-hybridized carbons (Fsp3) is 0.300. The maximum atomic E-state index is 13.3. The molecule has 1 aromatic rings. The maximum absolute atomic E-state index is 13.3. The minimum atomic E-state index is -4.68. The van der Waals surface area contributed by atoms with Crippen LogP contribution < -0.4 is 4.72 Å². The highest BCUT2D eigenvalue weighted by molar-refractivity contribution is 7.89. The Morgan fingerprint density at radius 2 is 1.84 bits per heavy atom. The van der Waals surface area contributed by atoms with Crippen LogP contribution in [0.4, 0.5) is 8.78 Å². The first-order valence-electron chi connectivity index (χ1n) is 5.09. The average molecular weight is 295 g/mol. The Bertz CT molecular complexity index is 555. The van der Waals surface area contributed by atoms with Crippen LogP contribution in [0.3, 0.4) is 0 Å². The number of aliphatic carboxylic acids is 1. The molecule has 1 unspecified atom stereocenters. The lowest BCUT2D eigenvalue weighted by atomic mass is 10.2. The zero-order chi connectivity index (χ0) is 14.6. The monoisotopic (exact) mass is 295 g/mol. The van der Waals surface area contributed by atoms with Gasteiger partial charge in [0.1, 0.15) is 17.7 Å². The predicted octanol–water partition coefficient (Wildman–Crippen LogP) is 0.0787. The molecule has 0 saturated carbocycles. The highest BCUT2D eigenvalue weighted by Gasteiger charge is 2.29. The minimum absolute atomic E-state index is 0.426. The van der Waals surface area contributed by atoms with Gasteiger partial charge >= 0.3 is 5.97 Å². The summed E-state index contributed by atoms with van der Waals surface area (Å²) in [5.74, 6) is -4.23. The molecule has 9 heteroatoms. The van der Waals surface area contributed by atoms with Gasteiger partial charge in [-0.1, -0.05) is 6.07 Å². The van der Waals surface area contributed by atoms with Crippen molar-refractivity contribution in [2.24, 2.45) is 0 Å². The van der Waals surface area contributed by atoms with Crippen molar-refractivity contribution < 1.29 is 32.2 Å². The van der Waals surface area contributed by atoms with Gasteiger partial charge in [-0.15, -0.1) is 0 Å². The molecule has 0 aromatic heterocycles. The molecular weight excluding hydrogens is 284 g/mol. The van der Waals surface area contributed by atoms with Gasteiger partial charge in [0.2, 0.25) is 10.0 Å². The third-order valence-corrected chi connectivity index (χ3v) is 3.72. The number of aliphatic hydroxyl groups is 1. The number of halogens is 2. The number of rotatable bonds is 6. The van der Waals surface area contributed by atoms with Gasteiger partial charge < -0.3 is 10.2 Å². The number of hydrogen-bond donors (Lipinski definition) is 3. The fourth-order valence-corrected chi connectivity index (χ4v) is 2.71. The van der Waals surface area contributed by atoms with E-state index in [1.165, 1.54) is 0 Å². The molecule has 0 saturated heterocycles. The summed E-state index contributed by atoms with van der Waals surface area (Å²) in [4.78, 5) is 9.49. The van der Waals surface area contributed by atoms with Crippen molar-refractivity contribution in [1.82, 2.24) is 4.72 Å². The first kappa shape index (κ1) is 15.5. The normalized spacial score (nSPS) is 13.2. The van der Waals surface area contributed by atoms with Crippen LogP contribution in [0.1, 0.15) is 6.42 Å². The molecule has 1 aromatic carbocycles. The van der Waals surface area contributed by atoms with Crippen molar-refractivity contribution in [3.8, 4) is 0 Å². The Hall–Kier alpha value is -1.58. The summed E-state index contributed by atoms with van der Waals surface area (Å²) in [7, 11) is -4.68. The molecule has 6 nitrogen and oxygen atoms in total. The van der Waals surface area contributed by atoms with Crippen molar-refractivity contribution >= 4 is 16.0 Å². The van der Waals surface area contributed by atoms with Crippen LogP contribution in [0.25, 0.3) is 0 Å². The van der Waals surface area contributed by atoms with Crippen LogP contribution in [0.5, 0.6) is 0 Å². The summed E-state index contributed by atoms with van der Waals surface area (Å²) in [6.07, 6.45) is -0.426. The fourth-order valence-electron chi connectivity index (χ4n) is 1.35. The van der Waals surface area contributed by atoms with Gasteiger partial charge in [-0.3, -0.25) is 4.79 Å². The van der Waals surface area contributed by atoms with Crippen LogP contribution in [-0.4, -0.2) is 37.2 Å². The summed E-state index contributed by atoms with van der Waals surface area (Å²) in [5.41, 5.74) is 0. The summed E-state index contributed by atoms with van der Waals surface area (Å²) < 4.78 is 51.7. The van der Waals surface area contributed by atoms with Crippen molar-refractivity contribution in [3.63, 3.8) is 0 Å². The zero-order valence-corrected chi connectivity index (χ0v) is 10.3. The second-order valence-corrected chi connectivity index (χ2v) is 5.23. The molecule has 0 spiro atoms. The predicted molar refractivity (Wildman–Crippen MR) is 59.8 cm³/mol. The van der Waals surface area contributed by atoms with E-state index in [2.05, 4.69) is 0 Å². The van der Waals surface area contributed by atoms with Crippen molar-refractivity contribution in [1.29, 1.82) is 0 Å². The quantitative estimate of drug-likeness (QED) is 0.689. The molecule has 1 atom stereocenters. The van der Waals surface area contributed by atoms with Crippen molar-refractivity contribution in [2.45, 2.75) is 17.4 Å². The Morgan fingerprint density at radius 1 is 1.32 bits per heavy atom. The highest BCUT2D eigenvalue weighted by atomic mass is 32.2. The van der Waals surface area contributed by atoms with Crippen LogP contribution in [0.15, 0.2) is 23.1 Å². The molecule has 3 N–H and O–H groups in total. The highest BCUT2D eigenvalue weighted by Crippen LogP contribution is 2.18. The summed E-state index contributed by atoms with van der Waals surface area (Å²) in [6, 6.07) is 0.777. The molecule has 106 valence electrons. The molecule has 0 aliphatic heterocycles. The van der Waals surface area contributed by atoms with Gasteiger partial charge in [-0.25, -0.2) is 17.2 Å². The lowest BCUT2D eigenvalue weighted by Gasteiger charge is -2.14. The molecule has 1 rings (SSSR count). The van der Waals surface area contributed by atoms with E-state index in [1.807, 2.05) is 0 Å². The van der Waals surface area contributed by atoms with Gasteiger partial charge in [-0.05, 0) is 18.6 Å². The van der Waals surface area contributed by atoms with E-state index in [1.54, 1.807) is 4.72 Å². The molecule has 0 heterocycles. The van der Waals surface area contributed by atoms with Gasteiger partial charge in [0.05, 0.1) is 0 Å². The summed E-state index contributed by atoms with van der Waals surface area (Å²) in [6.45, 7) is -0.598. The first-order valence-corrected chi connectivity index (χ1v) is 6.58. The topological polar surface area (TPSA) is 104 Å². The Kier molecular flexibility index (Phi) is 4.92. The standard InChI is InChI=1S/C10H11F2NO5S/c11-6-2-1-3-7(12)9(6)19(17,18)13-8(4-5-14)10(15)16/h1-3,8,13-14H,4-5H2,(H,15,16). The van der Waals surface area contributed by atoms with E-state index >= 15 is 0 Å². The smallest absolute Gasteiger partial charge is 0.321 e. The first-order chi connectivity index (χ1) is 8.79. The van der Waals surface area contributed by atoms with Gasteiger partial charge in [0, 0.05) is 6.61 Å². The van der Waals surface area contributed by atoms with Crippen molar-refractivity contribution in [2.75, 3.05) is 6.61 Å². The minimum Gasteiger partial charge on any atom is -0.480 e. The molecule has 0 aliphatic carbocycles. The van der Waals surface area contributed by atoms with Gasteiger partial charge in [-0.2, -0.15) is 4.72 Å². The zero-order valence-electron chi connectivity index (χ0n) is 9.51. The third-order valence-electron chi connectivity index (χ3n) is 2.20. The van der Waals surface area contributed by atoms with E-state index in [-0.39, 0.29) is 0 Å². The number of carboxylic acid groups (broad SMARTS) is 1. The number of nitrogens with one attached hydrogen (secondary N) is 1. The molecule has 0 fully saturated rings. The van der Waals surface area contributed by atoms with E-state index in [0.717, 1.165) is 18.2 Å². The number of carbonyl (C=O) groups is 1. The lowest BCUT2D eigenvalue weighted by molar-refractivity contribution is -0.139. The number of benzene rings is 1. The number of hydrogen-bond acceptors (Lipinski definition) is 4. The van der Waals surface area contributed by atoms with E-state index in [9.17, 15) is 22.0 Å². The molecular formula is C10H11F2NO5S. The third kappa shape index (κ3) is 3.69. The molecule has 19 heavy (non-hydrogen) atoms. The Morgan fingerprint density at radius 3 is 2.26 bits per heavy atom. The second-order valence-electron chi connectivity index (χ2n) is 3.58. The van der Waals surface area contributed by atoms with Crippen LogP contribution in [0, 0.1) is 11.6 Å². The number of sulfonamides is 1. The summed E-state index contributed by atoms with van der Waals surface area (Å²) in [5, 5.41) is 17.3. The molecule has 0 radical (unpaired) electrons.